The zero-order valence-corrected chi connectivity index (χ0v) is 25.2. The van der Waals surface area contributed by atoms with Gasteiger partial charge in [0, 0.05) is 37.5 Å². The smallest absolute Gasteiger partial charge is 0.475 e. The first-order valence-corrected chi connectivity index (χ1v) is 14.3. The van der Waals surface area contributed by atoms with Gasteiger partial charge in [-0.3, -0.25) is 14.3 Å². The van der Waals surface area contributed by atoms with E-state index in [0.29, 0.717) is 17.1 Å². The lowest BCUT2D eigenvalue weighted by atomic mass is 10.2. The van der Waals surface area contributed by atoms with Crippen molar-refractivity contribution in [3.8, 4) is 17.1 Å². The highest BCUT2D eigenvalue weighted by Crippen LogP contribution is 2.35. The van der Waals surface area contributed by atoms with Crippen LogP contribution < -0.4 is 4.72 Å². The summed E-state index contributed by atoms with van der Waals surface area (Å²) in [5, 5.41) is 14.9. The topological polar surface area (TPSA) is 162 Å². The molecule has 2 atom stereocenters. The Balaban J connectivity index is 0.000000646. The molecule has 0 saturated heterocycles. The number of benzene rings is 1. The average molecular weight is 662 g/mol. The number of aliphatic carboxylic acids is 1. The standard InChI is InChI=1S/C23H23Cl2N7O3S.C2HF3O2/c1-13-8-16(12-26-9-13)22-29-30-23(32(22)19-17(24)6-5-7-18(19)25)31-36(33,34)15(3)20(35-4)21-27-10-14(2)11-28-21;3-2(4,5)1(6)7/h5-12,15,20H,1-4H3,(H,30,31);(H,6,7)/t15-,20-;/m0./s1. The number of methoxy groups -OCH3 is 1. The fraction of sp³-hybridized carbons (Fsp3) is 0.280. The molecule has 0 radical (unpaired) electrons. The lowest BCUT2D eigenvalue weighted by Crippen LogP contribution is -2.33. The van der Waals surface area contributed by atoms with Gasteiger partial charge in [-0.25, -0.2) is 23.2 Å². The van der Waals surface area contributed by atoms with Crippen LogP contribution >= 0.6 is 23.2 Å². The lowest BCUT2D eigenvalue weighted by Gasteiger charge is -2.22. The van der Waals surface area contributed by atoms with E-state index >= 15 is 0 Å². The van der Waals surface area contributed by atoms with E-state index in [9.17, 15) is 21.6 Å². The van der Waals surface area contributed by atoms with Gasteiger partial charge < -0.3 is 9.84 Å². The Morgan fingerprint density at radius 1 is 1.05 bits per heavy atom. The SMILES string of the molecule is CO[C@H](c1ncc(C)cn1)[C@H](C)S(=O)(=O)Nc1nnc(-c2cncc(C)c2)n1-c1c(Cl)cccc1Cl.O=C(O)C(F)(F)F. The summed E-state index contributed by atoms with van der Waals surface area (Å²) in [7, 11) is -2.70. The highest BCUT2D eigenvalue weighted by molar-refractivity contribution is 7.93. The predicted molar refractivity (Wildman–Crippen MR) is 152 cm³/mol. The Morgan fingerprint density at radius 3 is 2.14 bits per heavy atom. The predicted octanol–water partition coefficient (Wildman–Crippen LogP) is 5.19. The molecule has 230 valence electrons. The van der Waals surface area contributed by atoms with Crippen molar-refractivity contribution in [2.24, 2.45) is 0 Å². The van der Waals surface area contributed by atoms with E-state index in [1.807, 2.05) is 19.9 Å². The van der Waals surface area contributed by atoms with Gasteiger partial charge in [0.15, 0.2) is 11.6 Å². The number of aromatic nitrogens is 6. The van der Waals surface area contributed by atoms with Gasteiger partial charge in [0.2, 0.25) is 16.0 Å². The third-order valence-corrected chi connectivity index (χ3v) is 7.96. The van der Waals surface area contributed by atoms with Crippen LogP contribution in [0, 0.1) is 13.8 Å². The number of carboxylic acids is 1. The number of rotatable bonds is 8. The van der Waals surface area contributed by atoms with Crippen molar-refractivity contribution in [3.63, 3.8) is 0 Å². The third kappa shape index (κ3) is 8.16. The van der Waals surface area contributed by atoms with Crippen LogP contribution in [0.25, 0.3) is 17.1 Å². The normalized spacial score (nSPS) is 13.0. The monoisotopic (exact) mass is 661 g/mol. The first kappa shape index (κ1) is 33.6. The van der Waals surface area contributed by atoms with E-state index in [4.69, 9.17) is 37.8 Å². The minimum Gasteiger partial charge on any atom is -0.475 e. The maximum absolute atomic E-state index is 13.5. The minimum absolute atomic E-state index is 0.104. The molecule has 12 nitrogen and oxygen atoms in total. The quantitative estimate of drug-likeness (QED) is 0.257. The number of hydrogen-bond acceptors (Lipinski definition) is 9. The van der Waals surface area contributed by atoms with E-state index in [1.165, 1.54) is 18.6 Å². The summed E-state index contributed by atoms with van der Waals surface area (Å²) in [4.78, 5) is 21.6. The Morgan fingerprint density at radius 2 is 1.63 bits per heavy atom. The fourth-order valence-electron chi connectivity index (χ4n) is 3.57. The molecule has 0 fully saturated rings. The van der Waals surface area contributed by atoms with Crippen LogP contribution in [0.2, 0.25) is 10.0 Å². The number of aryl methyl sites for hydroxylation is 2. The van der Waals surface area contributed by atoms with Crippen LogP contribution in [-0.2, 0) is 19.6 Å². The number of ether oxygens (including phenoxy) is 1. The van der Waals surface area contributed by atoms with Crippen molar-refractivity contribution < 1.29 is 36.2 Å². The molecule has 0 saturated carbocycles. The van der Waals surface area contributed by atoms with Crippen LogP contribution in [-0.4, -0.2) is 67.7 Å². The number of hydrogen-bond donors (Lipinski definition) is 2. The maximum atomic E-state index is 13.5. The number of nitrogens with one attached hydrogen (secondary N) is 1. The number of para-hydroxylation sites is 1. The van der Waals surface area contributed by atoms with Gasteiger partial charge in [0.1, 0.15) is 11.4 Å². The summed E-state index contributed by atoms with van der Waals surface area (Å²) in [6.07, 6.45) is 0.451. The molecule has 1 aromatic carbocycles. The van der Waals surface area contributed by atoms with Crippen molar-refractivity contribution in [1.29, 1.82) is 0 Å². The molecule has 2 N–H and O–H groups in total. The molecule has 0 amide bonds. The molecule has 4 aromatic rings. The summed E-state index contributed by atoms with van der Waals surface area (Å²) in [6.45, 7) is 5.21. The molecule has 3 aromatic heterocycles. The van der Waals surface area contributed by atoms with Crippen molar-refractivity contribution in [1.82, 2.24) is 29.7 Å². The average Bonchev–Trinajstić information content (AvgIpc) is 3.32. The largest absolute Gasteiger partial charge is 0.490 e. The first-order valence-electron chi connectivity index (χ1n) is 12.0. The van der Waals surface area contributed by atoms with E-state index in [-0.39, 0.29) is 21.8 Å². The van der Waals surface area contributed by atoms with Gasteiger partial charge in [-0.05, 0) is 50.1 Å². The van der Waals surface area contributed by atoms with Crippen LogP contribution in [0.5, 0.6) is 0 Å². The molecule has 18 heteroatoms. The number of halogens is 5. The van der Waals surface area contributed by atoms with Crippen LogP contribution in [0.1, 0.15) is 30.0 Å². The van der Waals surface area contributed by atoms with Gasteiger partial charge in [-0.1, -0.05) is 29.3 Å². The molecule has 0 bridgehead atoms. The third-order valence-electron chi connectivity index (χ3n) is 5.66. The van der Waals surface area contributed by atoms with Gasteiger partial charge in [-0.2, -0.15) is 13.2 Å². The molecule has 0 aliphatic rings. The van der Waals surface area contributed by atoms with Gasteiger partial charge in [-0.15, -0.1) is 10.2 Å². The molecule has 43 heavy (non-hydrogen) atoms. The summed E-state index contributed by atoms with van der Waals surface area (Å²) >= 11 is 13.0. The Kier molecular flexibility index (Phi) is 10.7. The zero-order valence-electron chi connectivity index (χ0n) is 22.8. The second-order valence-corrected chi connectivity index (χ2v) is 11.8. The van der Waals surface area contributed by atoms with Crippen LogP contribution in [0.3, 0.4) is 0 Å². The van der Waals surface area contributed by atoms with E-state index in [0.717, 1.165) is 11.1 Å². The highest BCUT2D eigenvalue weighted by atomic mass is 35.5. The van der Waals surface area contributed by atoms with Crippen LogP contribution in [0.15, 0.2) is 49.1 Å². The second kappa shape index (κ2) is 13.6. The zero-order chi connectivity index (χ0) is 32.1. The molecule has 4 rings (SSSR count). The fourth-order valence-corrected chi connectivity index (χ4v) is 5.27. The van der Waals surface area contributed by atoms with E-state index < -0.39 is 33.5 Å². The molecular weight excluding hydrogens is 638 g/mol. The van der Waals surface area contributed by atoms with Gasteiger partial charge in [0.25, 0.3) is 0 Å². The number of nitrogens with zero attached hydrogens (tertiary/aromatic N) is 6. The number of anilines is 1. The van der Waals surface area contributed by atoms with Crippen molar-refractivity contribution >= 4 is 45.1 Å². The second-order valence-electron chi connectivity index (χ2n) is 8.93. The Bertz CT molecular complexity index is 1680. The minimum atomic E-state index is -5.08. The number of alkyl halides is 3. The Labute approximate surface area is 253 Å². The van der Waals surface area contributed by atoms with Crippen molar-refractivity contribution in [2.75, 3.05) is 11.8 Å². The number of carboxylic acid groups (broad SMARTS) is 1. The number of carbonyl (C=O) groups is 1. The summed E-state index contributed by atoms with van der Waals surface area (Å²) < 4.78 is 68.2. The molecule has 0 spiro atoms. The summed E-state index contributed by atoms with van der Waals surface area (Å²) in [5.41, 5.74) is 2.63. The highest BCUT2D eigenvalue weighted by Gasteiger charge is 2.38. The van der Waals surface area contributed by atoms with Gasteiger partial charge in [0.05, 0.1) is 15.7 Å². The number of sulfonamides is 1. The van der Waals surface area contributed by atoms with Crippen molar-refractivity contribution in [3.05, 3.63) is 76.0 Å². The summed E-state index contributed by atoms with van der Waals surface area (Å²) in [6, 6.07) is 6.80. The lowest BCUT2D eigenvalue weighted by molar-refractivity contribution is -0.192. The van der Waals surface area contributed by atoms with E-state index in [1.54, 1.807) is 43.0 Å². The first-order chi connectivity index (χ1) is 20.1. The van der Waals surface area contributed by atoms with Crippen LogP contribution in [0.4, 0.5) is 19.1 Å². The summed E-state index contributed by atoms with van der Waals surface area (Å²) in [5.74, 6) is -2.32. The van der Waals surface area contributed by atoms with Crippen molar-refractivity contribution in [2.45, 2.75) is 38.3 Å². The number of pyridine rings is 1. The molecular formula is C25H24Cl2F3N7O5S. The Hall–Kier alpha value is -3.86. The molecule has 0 aliphatic heterocycles. The molecule has 3 heterocycles. The van der Waals surface area contributed by atoms with E-state index in [2.05, 4.69) is 29.9 Å². The molecule has 0 aliphatic carbocycles. The molecule has 0 unspecified atom stereocenters. The maximum Gasteiger partial charge on any atom is 0.490 e. The van der Waals surface area contributed by atoms with Gasteiger partial charge >= 0.3 is 12.1 Å².